The molecule has 0 atom stereocenters. The molecule has 0 bridgehead atoms. The van der Waals surface area contributed by atoms with Gasteiger partial charge in [0.2, 0.25) is 0 Å². The summed E-state index contributed by atoms with van der Waals surface area (Å²) in [6, 6.07) is 7.89. The second-order valence-electron chi connectivity index (χ2n) is 7.35. The largest absolute Gasteiger partial charge is 0.417 e. The molecule has 1 aliphatic heterocycles. The fraction of sp³-hybridized carbons (Fsp3) is 0.588. The number of hydrogen-bond donors (Lipinski definition) is 0. The van der Waals surface area contributed by atoms with Gasteiger partial charge in [0.25, 0.3) is 5.91 Å². The van der Waals surface area contributed by atoms with E-state index >= 15 is 0 Å². The third kappa shape index (κ3) is 3.55. The summed E-state index contributed by atoms with van der Waals surface area (Å²) in [4.78, 5) is 14.2. The lowest BCUT2D eigenvalue weighted by atomic mass is 10.1. The maximum atomic E-state index is 12.2. The third-order valence-electron chi connectivity index (χ3n) is 4.74. The summed E-state index contributed by atoms with van der Waals surface area (Å²) in [6.45, 7) is 13.6. The van der Waals surface area contributed by atoms with E-state index in [1.807, 2.05) is 29.2 Å². The van der Waals surface area contributed by atoms with Crippen molar-refractivity contribution in [1.82, 2.24) is 4.90 Å². The predicted octanol–water partition coefficient (Wildman–Crippen LogP) is 4.05. The van der Waals surface area contributed by atoms with Crippen molar-refractivity contribution < 1.29 is 9.22 Å². The van der Waals surface area contributed by atoms with Crippen LogP contribution in [0.1, 0.15) is 43.1 Å². The van der Waals surface area contributed by atoms with Crippen LogP contribution in [0, 0.1) is 0 Å². The normalized spacial score (nSPS) is 15.5. The van der Waals surface area contributed by atoms with Crippen LogP contribution in [0.5, 0.6) is 0 Å². The van der Waals surface area contributed by atoms with Gasteiger partial charge in [-0.15, -0.1) is 0 Å². The molecule has 0 radical (unpaired) electrons. The fourth-order valence-electron chi connectivity index (χ4n) is 2.29. The number of carbonyl (C=O) groups is 1. The van der Waals surface area contributed by atoms with E-state index in [9.17, 15) is 4.79 Å². The Balaban J connectivity index is 1.80. The van der Waals surface area contributed by atoms with Gasteiger partial charge in [0.1, 0.15) is 0 Å². The van der Waals surface area contributed by atoms with Crippen molar-refractivity contribution in [2.24, 2.45) is 0 Å². The minimum Gasteiger partial charge on any atom is -0.417 e. The van der Waals surface area contributed by atoms with E-state index in [0.717, 1.165) is 37.2 Å². The zero-order valence-corrected chi connectivity index (χ0v) is 14.9. The first-order valence-electron chi connectivity index (χ1n) is 7.73. The molecule has 0 spiro atoms. The Morgan fingerprint density at radius 3 is 2.52 bits per heavy atom. The van der Waals surface area contributed by atoms with E-state index in [1.54, 1.807) is 0 Å². The van der Waals surface area contributed by atoms with Crippen LogP contribution in [-0.4, -0.2) is 32.3 Å². The Morgan fingerprint density at radius 2 is 1.90 bits per heavy atom. The van der Waals surface area contributed by atoms with E-state index in [0.29, 0.717) is 0 Å². The maximum absolute atomic E-state index is 12.2. The monoisotopic (exact) mass is 305 g/mol. The summed E-state index contributed by atoms with van der Waals surface area (Å²) in [6.07, 6.45) is 0.909. The van der Waals surface area contributed by atoms with E-state index in [-0.39, 0.29) is 10.9 Å². The molecular weight excluding hydrogens is 278 g/mol. The molecule has 1 amide bonds. The van der Waals surface area contributed by atoms with Gasteiger partial charge in [-0.1, -0.05) is 39.0 Å². The Morgan fingerprint density at radius 1 is 1.24 bits per heavy atom. The van der Waals surface area contributed by atoms with Gasteiger partial charge in [0.05, 0.1) is 0 Å². The second-order valence-corrected chi connectivity index (χ2v) is 12.2. The molecule has 4 heteroatoms. The lowest BCUT2D eigenvalue weighted by Crippen LogP contribution is -2.41. The Labute approximate surface area is 129 Å². The summed E-state index contributed by atoms with van der Waals surface area (Å²) in [7, 11) is -1.67. The second kappa shape index (κ2) is 5.93. The van der Waals surface area contributed by atoms with Crippen LogP contribution in [0.15, 0.2) is 24.3 Å². The molecule has 1 aromatic rings. The van der Waals surface area contributed by atoms with Crippen molar-refractivity contribution in [2.45, 2.75) is 51.9 Å². The third-order valence-corrected chi connectivity index (χ3v) is 9.28. The molecule has 0 unspecified atom stereocenters. The van der Waals surface area contributed by atoms with Crippen molar-refractivity contribution >= 4 is 14.2 Å². The molecule has 0 saturated heterocycles. The van der Waals surface area contributed by atoms with E-state index in [4.69, 9.17) is 4.43 Å². The van der Waals surface area contributed by atoms with Crippen LogP contribution in [0.25, 0.3) is 0 Å². The molecule has 0 fully saturated rings. The molecule has 0 saturated carbocycles. The molecular formula is C17H27NO2Si. The molecule has 2 rings (SSSR count). The quantitative estimate of drug-likeness (QED) is 0.606. The van der Waals surface area contributed by atoms with Crippen LogP contribution in [0.2, 0.25) is 18.1 Å². The number of amides is 1. The number of nitrogens with zero attached hydrogens (tertiary/aromatic N) is 1. The molecule has 1 aliphatic rings. The SMILES string of the molecule is CC(C)(C)[Si](C)(C)OCCCN1Cc2ccccc2C1=O. The minimum atomic E-state index is -1.67. The summed E-state index contributed by atoms with van der Waals surface area (Å²) >= 11 is 0. The van der Waals surface area contributed by atoms with Crippen molar-refractivity contribution in [2.75, 3.05) is 13.2 Å². The summed E-state index contributed by atoms with van der Waals surface area (Å²) in [5.74, 6) is 0.165. The van der Waals surface area contributed by atoms with Crippen LogP contribution in [0.3, 0.4) is 0 Å². The summed E-state index contributed by atoms with van der Waals surface area (Å²) in [5, 5.41) is 0.243. The Kier molecular flexibility index (Phi) is 4.59. The molecule has 1 heterocycles. The zero-order valence-electron chi connectivity index (χ0n) is 13.9. The van der Waals surface area contributed by atoms with E-state index in [1.165, 1.54) is 0 Å². The molecule has 116 valence electrons. The number of fused-ring (bicyclic) bond motifs is 1. The van der Waals surface area contributed by atoms with Crippen molar-refractivity contribution in [1.29, 1.82) is 0 Å². The fourth-order valence-corrected chi connectivity index (χ4v) is 3.38. The van der Waals surface area contributed by atoms with Crippen LogP contribution < -0.4 is 0 Å². The molecule has 3 nitrogen and oxygen atoms in total. The smallest absolute Gasteiger partial charge is 0.254 e. The van der Waals surface area contributed by atoms with Gasteiger partial charge in [-0.3, -0.25) is 4.79 Å². The van der Waals surface area contributed by atoms with Gasteiger partial charge >= 0.3 is 0 Å². The topological polar surface area (TPSA) is 29.5 Å². The van der Waals surface area contributed by atoms with Gasteiger partial charge < -0.3 is 9.33 Å². The van der Waals surface area contributed by atoms with Crippen molar-refractivity contribution in [3.05, 3.63) is 35.4 Å². The van der Waals surface area contributed by atoms with Gasteiger partial charge in [-0.05, 0) is 36.2 Å². The molecule has 0 aliphatic carbocycles. The van der Waals surface area contributed by atoms with Crippen molar-refractivity contribution in [3.63, 3.8) is 0 Å². The van der Waals surface area contributed by atoms with Gasteiger partial charge in [0.15, 0.2) is 8.32 Å². The highest BCUT2D eigenvalue weighted by Crippen LogP contribution is 2.36. The summed E-state index contributed by atoms with van der Waals surface area (Å²) in [5.41, 5.74) is 2.01. The highest BCUT2D eigenvalue weighted by molar-refractivity contribution is 6.74. The van der Waals surface area contributed by atoms with Gasteiger partial charge in [-0.2, -0.15) is 0 Å². The highest BCUT2D eigenvalue weighted by Gasteiger charge is 2.37. The average molecular weight is 305 g/mol. The maximum Gasteiger partial charge on any atom is 0.254 e. The van der Waals surface area contributed by atoms with Gasteiger partial charge in [-0.25, -0.2) is 0 Å². The van der Waals surface area contributed by atoms with Gasteiger partial charge in [0, 0.05) is 25.3 Å². The molecule has 1 aromatic carbocycles. The minimum absolute atomic E-state index is 0.165. The number of benzene rings is 1. The number of rotatable bonds is 5. The lowest BCUT2D eigenvalue weighted by molar-refractivity contribution is 0.0769. The first-order valence-corrected chi connectivity index (χ1v) is 10.6. The standard InChI is InChI=1S/C17H27NO2Si/c1-17(2,3)21(4,5)20-12-8-11-18-13-14-9-6-7-10-15(14)16(18)19/h6-7,9-10H,8,11-13H2,1-5H3. The lowest BCUT2D eigenvalue weighted by Gasteiger charge is -2.36. The average Bonchev–Trinajstić information content (AvgIpc) is 2.71. The van der Waals surface area contributed by atoms with Crippen LogP contribution in [-0.2, 0) is 11.0 Å². The summed E-state index contributed by atoms with van der Waals surface area (Å²) < 4.78 is 6.17. The van der Waals surface area contributed by atoms with Crippen LogP contribution >= 0.6 is 0 Å². The molecule has 0 N–H and O–H groups in total. The van der Waals surface area contributed by atoms with E-state index in [2.05, 4.69) is 33.9 Å². The molecule has 0 aromatic heterocycles. The van der Waals surface area contributed by atoms with E-state index < -0.39 is 8.32 Å². The number of carbonyl (C=O) groups excluding carboxylic acids is 1. The molecule has 21 heavy (non-hydrogen) atoms. The first kappa shape index (κ1) is 16.2. The Hall–Kier alpha value is -1.13. The highest BCUT2D eigenvalue weighted by atomic mass is 28.4. The van der Waals surface area contributed by atoms with Crippen molar-refractivity contribution in [3.8, 4) is 0 Å². The number of hydrogen-bond acceptors (Lipinski definition) is 2. The first-order chi connectivity index (χ1) is 9.72. The van der Waals surface area contributed by atoms with Crippen LogP contribution in [0.4, 0.5) is 0 Å². The Bertz CT molecular complexity index is 520. The zero-order chi connectivity index (χ0) is 15.7. The predicted molar refractivity (Wildman–Crippen MR) is 88.9 cm³/mol.